The molecule has 0 spiro atoms. The van der Waals surface area contributed by atoms with Crippen LogP contribution in [-0.4, -0.2) is 25.8 Å². The Morgan fingerprint density at radius 1 is 1.37 bits per heavy atom. The fourth-order valence-electron chi connectivity index (χ4n) is 2.18. The highest BCUT2D eigenvalue weighted by Crippen LogP contribution is 2.14. The van der Waals surface area contributed by atoms with E-state index in [9.17, 15) is 0 Å². The van der Waals surface area contributed by atoms with Gasteiger partial charge in [0.25, 0.3) is 0 Å². The van der Waals surface area contributed by atoms with Gasteiger partial charge in [-0.05, 0) is 36.1 Å². The number of fused-ring (bicyclic) bond motifs is 1. The van der Waals surface area contributed by atoms with Crippen molar-refractivity contribution in [3.63, 3.8) is 0 Å². The molecule has 0 saturated carbocycles. The molecule has 0 radical (unpaired) electrons. The Bertz CT molecular complexity index is 641. The normalized spacial score (nSPS) is 12.9. The second kappa shape index (κ2) is 5.24. The summed E-state index contributed by atoms with van der Waals surface area (Å²) in [7, 11) is 0. The van der Waals surface area contributed by atoms with Crippen molar-refractivity contribution in [1.29, 1.82) is 0 Å². The van der Waals surface area contributed by atoms with Gasteiger partial charge in [-0.1, -0.05) is 6.07 Å². The maximum atomic E-state index is 4.11. The van der Waals surface area contributed by atoms with Crippen molar-refractivity contribution >= 4 is 10.9 Å². The lowest BCUT2D eigenvalue weighted by molar-refractivity contribution is 0.450. The molecule has 0 aliphatic rings. The summed E-state index contributed by atoms with van der Waals surface area (Å²) in [4.78, 5) is 7.14. The molecule has 2 aromatic heterocycles. The van der Waals surface area contributed by atoms with Gasteiger partial charge in [0.2, 0.25) is 0 Å². The van der Waals surface area contributed by atoms with Crippen molar-refractivity contribution in [3.05, 3.63) is 48.7 Å². The Balaban J connectivity index is 1.59. The van der Waals surface area contributed by atoms with Gasteiger partial charge in [-0.15, -0.1) is 0 Å². The summed E-state index contributed by atoms with van der Waals surface area (Å²) in [6.45, 7) is 3.83. The van der Waals surface area contributed by atoms with E-state index in [1.165, 1.54) is 16.5 Å². The fourth-order valence-corrected chi connectivity index (χ4v) is 2.18. The first kappa shape index (κ1) is 11.9. The predicted octanol–water partition coefficient (Wildman–Crippen LogP) is 1.94. The van der Waals surface area contributed by atoms with Crippen LogP contribution in [0.2, 0.25) is 0 Å². The average Bonchev–Trinajstić information content (AvgIpc) is 3.06. The third kappa shape index (κ3) is 2.82. The average molecular weight is 255 g/mol. The summed E-state index contributed by atoms with van der Waals surface area (Å²) in [5.41, 5.74) is 2.47. The van der Waals surface area contributed by atoms with Crippen molar-refractivity contribution in [3.8, 4) is 0 Å². The first-order chi connectivity index (χ1) is 9.31. The molecule has 0 aliphatic carbocycles. The lowest BCUT2D eigenvalue weighted by atomic mass is 10.1. The minimum atomic E-state index is 0.351. The molecule has 0 amide bonds. The van der Waals surface area contributed by atoms with Gasteiger partial charge in [-0.3, -0.25) is 4.68 Å². The van der Waals surface area contributed by atoms with E-state index >= 15 is 0 Å². The summed E-state index contributed by atoms with van der Waals surface area (Å²) >= 11 is 0. The van der Waals surface area contributed by atoms with Gasteiger partial charge in [0.1, 0.15) is 12.7 Å². The summed E-state index contributed by atoms with van der Waals surface area (Å²) < 4.78 is 1.84. The quantitative estimate of drug-likeness (QED) is 0.732. The molecule has 1 atom stereocenters. The SMILES string of the molecule is CC(Cn1cncn1)NCc1ccc2[nH]ccc2c1. The van der Waals surface area contributed by atoms with Crippen LogP contribution in [0.5, 0.6) is 0 Å². The zero-order chi connectivity index (χ0) is 13.1. The summed E-state index contributed by atoms with van der Waals surface area (Å²) in [5.74, 6) is 0. The molecule has 19 heavy (non-hydrogen) atoms. The molecule has 1 aromatic carbocycles. The van der Waals surface area contributed by atoms with Crippen LogP contribution >= 0.6 is 0 Å². The number of nitrogens with one attached hydrogen (secondary N) is 2. The number of benzene rings is 1. The van der Waals surface area contributed by atoms with E-state index in [-0.39, 0.29) is 0 Å². The van der Waals surface area contributed by atoms with E-state index in [4.69, 9.17) is 0 Å². The van der Waals surface area contributed by atoms with Crippen LogP contribution in [0.15, 0.2) is 43.1 Å². The summed E-state index contributed by atoms with van der Waals surface area (Å²) in [5, 5.41) is 8.85. The van der Waals surface area contributed by atoms with Crippen LogP contribution in [0.3, 0.4) is 0 Å². The molecular formula is C14H17N5. The van der Waals surface area contributed by atoms with Gasteiger partial charge in [-0.25, -0.2) is 4.98 Å². The molecule has 0 fully saturated rings. The van der Waals surface area contributed by atoms with E-state index in [2.05, 4.69) is 51.6 Å². The monoisotopic (exact) mass is 255 g/mol. The molecule has 0 saturated heterocycles. The third-order valence-corrected chi connectivity index (χ3v) is 3.20. The van der Waals surface area contributed by atoms with Crippen LogP contribution in [0.1, 0.15) is 12.5 Å². The Hall–Kier alpha value is -2.14. The van der Waals surface area contributed by atoms with Crippen LogP contribution < -0.4 is 5.32 Å². The summed E-state index contributed by atoms with van der Waals surface area (Å²) in [6, 6.07) is 8.92. The number of aromatic nitrogens is 4. The predicted molar refractivity (Wildman–Crippen MR) is 74.6 cm³/mol. The van der Waals surface area contributed by atoms with E-state index < -0.39 is 0 Å². The first-order valence-corrected chi connectivity index (χ1v) is 6.43. The van der Waals surface area contributed by atoms with E-state index in [1.54, 1.807) is 12.7 Å². The molecule has 5 heteroatoms. The minimum absolute atomic E-state index is 0.351. The van der Waals surface area contributed by atoms with E-state index in [0.29, 0.717) is 6.04 Å². The van der Waals surface area contributed by atoms with Crippen LogP contribution in [0.25, 0.3) is 10.9 Å². The zero-order valence-electron chi connectivity index (χ0n) is 10.9. The summed E-state index contributed by atoms with van der Waals surface area (Å²) in [6.07, 6.45) is 5.27. The largest absolute Gasteiger partial charge is 0.361 e. The van der Waals surface area contributed by atoms with Crippen LogP contribution in [0, 0.1) is 0 Å². The highest BCUT2D eigenvalue weighted by Gasteiger charge is 2.04. The second-order valence-corrected chi connectivity index (χ2v) is 4.80. The Morgan fingerprint density at radius 2 is 2.32 bits per heavy atom. The highest BCUT2D eigenvalue weighted by atomic mass is 15.3. The van der Waals surface area contributed by atoms with Gasteiger partial charge in [0.15, 0.2) is 0 Å². The molecule has 0 aliphatic heterocycles. The number of H-pyrrole nitrogens is 1. The molecule has 98 valence electrons. The molecule has 2 N–H and O–H groups in total. The molecule has 5 nitrogen and oxygen atoms in total. The van der Waals surface area contributed by atoms with Crippen molar-refractivity contribution in [1.82, 2.24) is 25.1 Å². The number of hydrogen-bond acceptors (Lipinski definition) is 3. The smallest absolute Gasteiger partial charge is 0.137 e. The Morgan fingerprint density at radius 3 is 3.16 bits per heavy atom. The highest BCUT2D eigenvalue weighted by molar-refractivity contribution is 5.79. The number of rotatable bonds is 5. The Labute approximate surface area is 111 Å². The van der Waals surface area contributed by atoms with Gasteiger partial charge >= 0.3 is 0 Å². The topological polar surface area (TPSA) is 58.5 Å². The maximum absolute atomic E-state index is 4.11. The first-order valence-electron chi connectivity index (χ1n) is 6.43. The number of hydrogen-bond donors (Lipinski definition) is 2. The second-order valence-electron chi connectivity index (χ2n) is 4.80. The number of nitrogens with zero attached hydrogens (tertiary/aromatic N) is 3. The fraction of sp³-hybridized carbons (Fsp3) is 0.286. The molecule has 3 aromatic rings. The zero-order valence-corrected chi connectivity index (χ0v) is 10.9. The molecule has 0 bridgehead atoms. The van der Waals surface area contributed by atoms with E-state index in [0.717, 1.165) is 13.1 Å². The molecule has 2 heterocycles. The van der Waals surface area contributed by atoms with Gasteiger partial charge in [0.05, 0.1) is 6.54 Å². The molecule has 3 rings (SSSR count). The van der Waals surface area contributed by atoms with E-state index in [1.807, 2.05) is 10.9 Å². The van der Waals surface area contributed by atoms with Crippen LogP contribution in [-0.2, 0) is 13.1 Å². The standard InChI is InChI=1S/C14H17N5/c1-11(8-19-10-15-9-18-19)17-7-12-2-3-14-13(6-12)4-5-16-14/h2-6,9-11,16-17H,7-8H2,1H3. The molecule has 1 unspecified atom stereocenters. The van der Waals surface area contributed by atoms with Crippen LogP contribution in [0.4, 0.5) is 0 Å². The van der Waals surface area contributed by atoms with Crippen molar-refractivity contribution in [2.45, 2.75) is 26.1 Å². The van der Waals surface area contributed by atoms with Crippen molar-refractivity contribution < 1.29 is 0 Å². The third-order valence-electron chi connectivity index (χ3n) is 3.20. The van der Waals surface area contributed by atoms with Gasteiger partial charge < -0.3 is 10.3 Å². The number of aromatic amines is 1. The minimum Gasteiger partial charge on any atom is -0.361 e. The Kier molecular flexibility index (Phi) is 3.29. The maximum Gasteiger partial charge on any atom is 0.137 e. The van der Waals surface area contributed by atoms with Crippen molar-refractivity contribution in [2.24, 2.45) is 0 Å². The lowest BCUT2D eigenvalue weighted by Gasteiger charge is -2.13. The lowest BCUT2D eigenvalue weighted by Crippen LogP contribution is -2.30. The molecular weight excluding hydrogens is 238 g/mol. The van der Waals surface area contributed by atoms with Crippen molar-refractivity contribution in [2.75, 3.05) is 0 Å². The van der Waals surface area contributed by atoms with Gasteiger partial charge in [0, 0.05) is 24.3 Å². The van der Waals surface area contributed by atoms with Gasteiger partial charge in [-0.2, -0.15) is 5.10 Å².